The predicted octanol–water partition coefficient (Wildman–Crippen LogP) is 7.73. The van der Waals surface area contributed by atoms with Crippen molar-refractivity contribution in [2.24, 2.45) is 0 Å². The molecule has 0 saturated heterocycles. The molecule has 5 heteroatoms. The zero-order chi connectivity index (χ0) is 27.6. The van der Waals surface area contributed by atoms with Gasteiger partial charge in [-0.3, -0.25) is 4.79 Å². The molecule has 1 N–H and O–H groups in total. The topological polar surface area (TPSA) is 47.6 Å². The normalized spacial score (nSPS) is 10.8. The lowest BCUT2D eigenvalue weighted by Gasteiger charge is -2.16. The molecule has 4 nitrogen and oxygen atoms in total. The minimum Gasteiger partial charge on any atom is -0.489 e. The monoisotopic (exact) mass is 525 g/mol. The highest BCUT2D eigenvalue weighted by Crippen LogP contribution is 2.30. The van der Waals surface area contributed by atoms with Crippen LogP contribution in [0.1, 0.15) is 47.6 Å². The van der Waals surface area contributed by atoms with Gasteiger partial charge in [0.2, 0.25) is 5.91 Å². The molecule has 0 atom stereocenters. The first-order valence-electron chi connectivity index (χ1n) is 13.4. The van der Waals surface area contributed by atoms with E-state index in [-0.39, 0.29) is 18.3 Å². The van der Waals surface area contributed by atoms with Crippen LogP contribution in [0.15, 0.2) is 84.9 Å². The fraction of sp³-hybridized carbons (Fsp3) is 0.265. The molecule has 39 heavy (non-hydrogen) atoms. The van der Waals surface area contributed by atoms with Crippen molar-refractivity contribution >= 4 is 5.91 Å². The molecular weight excluding hydrogens is 489 g/mol. The van der Waals surface area contributed by atoms with E-state index in [1.54, 1.807) is 0 Å². The Kier molecular flexibility index (Phi) is 9.74. The Bertz CT molecular complexity index is 1380. The number of carbonyl (C=O) groups is 1. The summed E-state index contributed by atoms with van der Waals surface area (Å²) in [5.41, 5.74) is 7.39. The van der Waals surface area contributed by atoms with Crippen molar-refractivity contribution in [2.75, 3.05) is 6.54 Å². The molecule has 202 valence electrons. The van der Waals surface area contributed by atoms with E-state index in [0.29, 0.717) is 18.9 Å². The number of rotatable bonds is 12. The lowest BCUT2D eigenvalue weighted by Crippen LogP contribution is -2.20. The first kappa shape index (κ1) is 27.9. The molecule has 0 aliphatic rings. The molecule has 1 amide bonds. The van der Waals surface area contributed by atoms with Gasteiger partial charge in [0.1, 0.15) is 30.5 Å². The van der Waals surface area contributed by atoms with E-state index >= 15 is 0 Å². The van der Waals surface area contributed by atoms with Crippen LogP contribution in [0, 0.1) is 19.7 Å². The molecule has 0 aliphatic heterocycles. The second kappa shape index (κ2) is 13.6. The van der Waals surface area contributed by atoms with E-state index in [4.69, 9.17) is 9.47 Å². The van der Waals surface area contributed by atoms with Gasteiger partial charge in [0.15, 0.2) is 0 Å². The number of amides is 1. The van der Waals surface area contributed by atoms with E-state index in [0.717, 1.165) is 47.3 Å². The summed E-state index contributed by atoms with van der Waals surface area (Å²) in [5, 5.41) is 2.84. The smallest absolute Gasteiger partial charge is 0.216 e. The number of hydrogen-bond donors (Lipinski definition) is 1. The van der Waals surface area contributed by atoms with Crippen LogP contribution < -0.4 is 14.8 Å². The standard InChI is InChI=1S/C34H36FNO3/c1-24-18-27(20-31(35)19-24)22-39-34-21-32(16-15-29(34)12-7-8-17-36-26(3)37)38-23-30-13-9-14-33(25(30)2)28-10-5-4-6-11-28/h4-6,9-11,13-16,18-21H,7-8,12,17,22-23H2,1-3H3,(H,36,37). The van der Waals surface area contributed by atoms with Crippen molar-refractivity contribution in [1.82, 2.24) is 5.32 Å². The maximum absolute atomic E-state index is 13.9. The van der Waals surface area contributed by atoms with Crippen LogP contribution in [0.25, 0.3) is 11.1 Å². The number of aryl methyl sites for hydroxylation is 2. The third kappa shape index (κ3) is 8.18. The zero-order valence-corrected chi connectivity index (χ0v) is 22.9. The molecule has 0 saturated carbocycles. The van der Waals surface area contributed by atoms with Crippen LogP contribution in [0.5, 0.6) is 11.5 Å². The van der Waals surface area contributed by atoms with Crippen LogP contribution in [0.3, 0.4) is 0 Å². The Balaban J connectivity index is 1.48. The summed E-state index contributed by atoms with van der Waals surface area (Å²) in [6.45, 7) is 6.87. The van der Waals surface area contributed by atoms with Crippen LogP contribution in [-0.2, 0) is 24.4 Å². The van der Waals surface area contributed by atoms with Gasteiger partial charge in [-0.25, -0.2) is 4.39 Å². The van der Waals surface area contributed by atoms with Crippen LogP contribution in [0.4, 0.5) is 4.39 Å². The molecule has 4 rings (SSSR count). The van der Waals surface area contributed by atoms with Crippen molar-refractivity contribution in [3.8, 4) is 22.6 Å². The number of benzene rings is 4. The van der Waals surface area contributed by atoms with Gasteiger partial charge >= 0.3 is 0 Å². The first-order chi connectivity index (χ1) is 18.9. The van der Waals surface area contributed by atoms with Crippen LogP contribution in [0.2, 0.25) is 0 Å². The zero-order valence-electron chi connectivity index (χ0n) is 22.9. The third-order valence-electron chi connectivity index (χ3n) is 6.71. The highest BCUT2D eigenvalue weighted by atomic mass is 19.1. The molecule has 0 aliphatic carbocycles. The summed E-state index contributed by atoms with van der Waals surface area (Å²) in [6, 6.07) is 27.5. The Morgan fingerprint density at radius 1 is 0.821 bits per heavy atom. The summed E-state index contributed by atoms with van der Waals surface area (Å²) in [6.07, 6.45) is 2.58. The molecule has 0 fully saturated rings. The third-order valence-corrected chi connectivity index (χ3v) is 6.71. The van der Waals surface area contributed by atoms with Crippen molar-refractivity contribution in [2.45, 2.75) is 53.2 Å². The molecule has 0 radical (unpaired) electrons. The van der Waals surface area contributed by atoms with Crippen molar-refractivity contribution in [3.63, 3.8) is 0 Å². The van der Waals surface area contributed by atoms with E-state index in [2.05, 4.69) is 42.6 Å². The minimum atomic E-state index is -0.267. The Morgan fingerprint density at radius 3 is 2.41 bits per heavy atom. The molecule has 0 spiro atoms. The lowest BCUT2D eigenvalue weighted by molar-refractivity contribution is -0.118. The predicted molar refractivity (Wildman–Crippen MR) is 154 cm³/mol. The number of carbonyl (C=O) groups excluding carboxylic acids is 1. The van der Waals surface area contributed by atoms with Gasteiger partial charge in [-0.05, 0) is 90.3 Å². The molecule has 4 aromatic carbocycles. The van der Waals surface area contributed by atoms with Gasteiger partial charge in [-0.1, -0.05) is 60.7 Å². The van der Waals surface area contributed by atoms with Gasteiger partial charge in [0, 0.05) is 19.5 Å². The van der Waals surface area contributed by atoms with Gasteiger partial charge in [-0.2, -0.15) is 0 Å². The van der Waals surface area contributed by atoms with E-state index in [9.17, 15) is 9.18 Å². The lowest BCUT2D eigenvalue weighted by atomic mass is 9.97. The summed E-state index contributed by atoms with van der Waals surface area (Å²) >= 11 is 0. The highest BCUT2D eigenvalue weighted by Gasteiger charge is 2.11. The number of unbranched alkanes of at least 4 members (excludes halogenated alkanes) is 1. The van der Waals surface area contributed by atoms with Crippen molar-refractivity contribution < 1.29 is 18.7 Å². The summed E-state index contributed by atoms with van der Waals surface area (Å²) in [5.74, 6) is 1.16. The maximum Gasteiger partial charge on any atom is 0.216 e. The average molecular weight is 526 g/mol. The second-order valence-electron chi connectivity index (χ2n) is 9.88. The quantitative estimate of drug-likeness (QED) is 0.193. The number of halogens is 1. The summed E-state index contributed by atoms with van der Waals surface area (Å²) in [7, 11) is 0. The van der Waals surface area contributed by atoms with Crippen molar-refractivity contribution in [1.29, 1.82) is 0 Å². The molecule has 4 aromatic rings. The number of hydrogen-bond acceptors (Lipinski definition) is 3. The minimum absolute atomic E-state index is 0.0181. The molecule has 0 unspecified atom stereocenters. The molecule has 0 aromatic heterocycles. The van der Waals surface area contributed by atoms with Gasteiger partial charge in [-0.15, -0.1) is 0 Å². The van der Waals surface area contributed by atoms with E-state index in [1.807, 2.05) is 49.4 Å². The average Bonchev–Trinajstić information content (AvgIpc) is 2.91. The largest absolute Gasteiger partial charge is 0.489 e. The van der Waals surface area contributed by atoms with Gasteiger partial charge < -0.3 is 14.8 Å². The van der Waals surface area contributed by atoms with E-state index in [1.165, 1.54) is 35.7 Å². The first-order valence-corrected chi connectivity index (χ1v) is 13.4. The van der Waals surface area contributed by atoms with E-state index < -0.39 is 0 Å². The maximum atomic E-state index is 13.9. The molecule has 0 bridgehead atoms. The number of nitrogens with one attached hydrogen (secondary N) is 1. The SMILES string of the molecule is CC(=O)NCCCCc1ccc(OCc2cccc(-c3ccccc3)c2C)cc1OCc1cc(C)cc(F)c1. The summed E-state index contributed by atoms with van der Waals surface area (Å²) in [4.78, 5) is 11.1. The molecular formula is C34H36FNO3. The highest BCUT2D eigenvalue weighted by molar-refractivity contribution is 5.72. The van der Waals surface area contributed by atoms with Gasteiger partial charge in [0.05, 0.1) is 0 Å². The Morgan fingerprint density at radius 2 is 1.64 bits per heavy atom. The number of ether oxygens (including phenoxy) is 2. The van der Waals surface area contributed by atoms with Crippen molar-refractivity contribution in [3.05, 3.63) is 119 Å². The Labute approximate surface area is 230 Å². The van der Waals surface area contributed by atoms with Crippen LogP contribution in [-0.4, -0.2) is 12.5 Å². The molecule has 0 heterocycles. The fourth-order valence-corrected chi connectivity index (χ4v) is 4.66. The fourth-order valence-electron chi connectivity index (χ4n) is 4.66. The van der Waals surface area contributed by atoms with Gasteiger partial charge in [0.25, 0.3) is 0 Å². The summed E-state index contributed by atoms with van der Waals surface area (Å²) < 4.78 is 26.4. The second-order valence-corrected chi connectivity index (χ2v) is 9.88. The van der Waals surface area contributed by atoms with Crippen LogP contribution >= 0.6 is 0 Å². The Hall–Kier alpha value is -4.12.